The molecule has 3 heteroatoms. The number of nitriles is 1. The van der Waals surface area contributed by atoms with Crippen molar-refractivity contribution in [1.82, 2.24) is 0 Å². The van der Waals surface area contributed by atoms with E-state index in [2.05, 4.69) is 107 Å². The van der Waals surface area contributed by atoms with E-state index in [-0.39, 0.29) is 0 Å². The van der Waals surface area contributed by atoms with Gasteiger partial charge in [0.15, 0.2) is 0 Å². The first-order valence-electron chi connectivity index (χ1n) is 6.77. The fraction of sp³-hybridized carbons (Fsp3) is 0. The standard InChI is InChI=1S/C18H15Te.CHNSe/c1-4-10-16(11-5-1)19(17-12-6-2-7-13-17)18-14-8-3-9-15-18;2-1-3/h1-15H;3H/q+1;/p-1. The molecule has 0 heterocycles. The first kappa shape index (κ1) is 16.8. The fourth-order valence-electron chi connectivity index (χ4n) is 2.08. The van der Waals surface area contributed by atoms with Crippen LogP contribution >= 0.6 is 0 Å². The summed E-state index contributed by atoms with van der Waals surface area (Å²) in [6.07, 6.45) is 0. The van der Waals surface area contributed by atoms with E-state index in [0.717, 1.165) is 0 Å². The van der Waals surface area contributed by atoms with Gasteiger partial charge in [0.1, 0.15) is 0 Å². The van der Waals surface area contributed by atoms with E-state index in [1.165, 1.54) is 10.8 Å². The van der Waals surface area contributed by atoms with Crippen LogP contribution in [-0.4, -0.2) is 35.6 Å². The summed E-state index contributed by atoms with van der Waals surface area (Å²) in [5.74, 6) is 0. The van der Waals surface area contributed by atoms with Gasteiger partial charge in [0.2, 0.25) is 0 Å². The molecule has 3 rings (SSSR count). The van der Waals surface area contributed by atoms with E-state index in [0.29, 0.717) is 0 Å². The molecule has 3 aromatic rings. The third-order valence-corrected chi connectivity index (χ3v) is 9.30. The van der Waals surface area contributed by atoms with Crippen LogP contribution in [0.15, 0.2) is 91.0 Å². The topological polar surface area (TPSA) is 23.8 Å². The van der Waals surface area contributed by atoms with Crippen LogP contribution in [0, 0.1) is 10.2 Å². The molecular formula is C19H15NSeTe. The molecule has 0 saturated heterocycles. The van der Waals surface area contributed by atoms with Gasteiger partial charge in [-0.15, -0.1) is 0 Å². The van der Waals surface area contributed by atoms with Gasteiger partial charge >= 0.3 is 148 Å². The summed E-state index contributed by atoms with van der Waals surface area (Å²) in [5, 5.41) is 7.26. The predicted molar refractivity (Wildman–Crippen MR) is 95.3 cm³/mol. The van der Waals surface area contributed by atoms with Crippen LogP contribution in [0.25, 0.3) is 0 Å². The maximum absolute atomic E-state index is 7.26. The Kier molecular flexibility index (Phi) is 7.24. The Morgan fingerprint density at radius 3 is 1.05 bits per heavy atom. The SMILES string of the molecule is N#C[Se-].c1ccc([Te+](c2ccccc2)c2ccccc2)cc1. The van der Waals surface area contributed by atoms with Gasteiger partial charge in [-0.05, 0) is 0 Å². The van der Waals surface area contributed by atoms with Crippen molar-refractivity contribution in [2.24, 2.45) is 0 Å². The van der Waals surface area contributed by atoms with Crippen molar-refractivity contribution in [1.29, 1.82) is 5.26 Å². The van der Waals surface area contributed by atoms with Gasteiger partial charge < -0.3 is 0 Å². The zero-order chi connectivity index (χ0) is 15.6. The first-order valence-corrected chi connectivity index (χ1v) is 11.1. The Hall–Kier alpha value is -1.54. The normalized spacial score (nSPS) is 9.45. The van der Waals surface area contributed by atoms with Gasteiger partial charge in [0.25, 0.3) is 0 Å². The molecule has 0 bridgehead atoms. The molecule has 0 saturated carbocycles. The van der Waals surface area contributed by atoms with Gasteiger partial charge in [-0.1, -0.05) is 0 Å². The minimum absolute atomic E-state index is 1.50. The van der Waals surface area contributed by atoms with E-state index >= 15 is 0 Å². The Labute approximate surface area is 147 Å². The van der Waals surface area contributed by atoms with Crippen LogP contribution in [0.2, 0.25) is 0 Å². The van der Waals surface area contributed by atoms with Gasteiger partial charge in [-0.3, -0.25) is 0 Å². The molecule has 0 unspecified atom stereocenters. The fourth-order valence-corrected chi connectivity index (χ4v) is 8.08. The molecule has 0 atom stereocenters. The van der Waals surface area contributed by atoms with E-state index in [1.807, 2.05) is 0 Å². The molecule has 0 aliphatic carbocycles. The summed E-state index contributed by atoms with van der Waals surface area (Å²) in [6, 6.07) is 32.8. The molecule has 22 heavy (non-hydrogen) atoms. The predicted octanol–water partition coefficient (Wildman–Crippen LogP) is 1.84. The second-order valence-corrected chi connectivity index (χ2v) is 10.5. The average Bonchev–Trinajstić information content (AvgIpc) is 2.59. The van der Waals surface area contributed by atoms with Crippen molar-refractivity contribution in [3.8, 4) is 4.97 Å². The van der Waals surface area contributed by atoms with E-state index < -0.39 is 19.6 Å². The van der Waals surface area contributed by atoms with Crippen LogP contribution in [0.4, 0.5) is 0 Å². The molecular weight excluding hydrogens is 449 g/mol. The number of rotatable bonds is 3. The van der Waals surface area contributed by atoms with Gasteiger partial charge in [-0.25, -0.2) is 0 Å². The van der Waals surface area contributed by atoms with Gasteiger partial charge in [-0.2, -0.15) is 0 Å². The average molecular weight is 464 g/mol. The van der Waals surface area contributed by atoms with Crippen molar-refractivity contribution in [2.45, 2.75) is 0 Å². The Morgan fingerprint density at radius 1 is 0.591 bits per heavy atom. The number of nitrogens with zero attached hydrogens (tertiary/aromatic N) is 1. The van der Waals surface area contributed by atoms with Crippen molar-refractivity contribution in [2.75, 3.05) is 0 Å². The minimum atomic E-state index is -1.67. The molecule has 0 N–H and O–H groups in total. The molecule has 3 aromatic carbocycles. The Balaban J connectivity index is 0.000000545. The van der Waals surface area contributed by atoms with Crippen LogP contribution in [0.1, 0.15) is 0 Å². The summed E-state index contributed by atoms with van der Waals surface area (Å²) in [5.41, 5.74) is 0. The number of benzene rings is 3. The van der Waals surface area contributed by atoms with Crippen molar-refractivity contribution >= 4 is 46.4 Å². The van der Waals surface area contributed by atoms with E-state index in [4.69, 9.17) is 5.26 Å². The van der Waals surface area contributed by atoms with Crippen LogP contribution < -0.4 is 10.8 Å². The zero-order valence-electron chi connectivity index (χ0n) is 11.9. The number of hydrogen-bond donors (Lipinski definition) is 0. The van der Waals surface area contributed by atoms with E-state index in [9.17, 15) is 0 Å². The second-order valence-electron chi connectivity index (χ2n) is 4.34. The zero-order valence-corrected chi connectivity index (χ0v) is 16.0. The van der Waals surface area contributed by atoms with Crippen LogP contribution in [0.3, 0.4) is 0 Å². The third kappa shape index (κ3) is 4.74. The van der Waals surface area contributed by atoms with Crippen LogP contribution in [-0.2, 0) is 0 Å². The third-order valence-electron chi connectivity index (χ3n) is 2.94. The first-order chi connectivity index (χ1) is 10.9. The Morgan fingerprint density at radius 2 is 0.818 bits per heavy atom. The second kappa shape index (κ2) is 9.47. The maximum atomic E-state index is 7.26. The molecule has 0 aromatic heterocycles. The number of hydrogen-bond acceptors (Lipinski definition) is 1. The molecule has 0 amide bonds. The Bertz CT molecular complexity index is 615. The molecule has 0 fully saturated rings. The molecule has 108 valence electrons. The summed E-state index contributed by atoms with van der Waals surface area (Å²) in [7, 11) is 0. The quantitative estimate of drug-likeness (QED) is 0.544. The molecule has 1 nitrogen and oxygen atoms in total. The summed E-state index contributed by atoms with van der Waals surface area (Å²) < 4.78 is 4.51. The van der Waals surface area contributed by atoms with Gasteiger partial charge in [0, 0.05) is 0 Å². The molecule has 0 aliphatic heterocycles. The summed E-state index contributed by atoms with van der Waals surface area (Å²) >= 11 is 0.440. The molecule has 0 aliphatic rings. The monoisotopic (exact) mass is 467 g/mol. The molecule has 0 radical (unpaired) electrons. The summed E-state index contributed by atoms with van der Waals surface area (Å²) in [4.78, 5) is 1.62. The van der Waals surface area contributed by atoms with Gasteiger partial charge in [0.05, 0.1) is 0 Å². The van der Waals surface area contributed by atoms with Crippen molar-refractivity contribution < 1.29 is 0 Å². The summed E-state index contributed by atoms with van der Waals surface area (Å²) in [6.45, 7) is 0. The van der Waals surface area contributed by atoms with Crippen molar-refractivity contribution in [3.63, 3.8) is 0 Å². The van der Waals surface area contributed by atoms with Crippen LogP contribution in [0.5, 0.6) is 0 Å². The van der Waals surface area contributed by atoms with Crippen molar-refractivity contribution in [3.05, 3.63) is 91.0 Å². The molecule has 0 spiro atoms. The van der Waals surface area contributed by atoms with E-state index in [1.54, 1.807) is 4.97 Å².